The Bertz CT molecular complexity index is 1400. The Labute approximate surface area is 206 Å². The molecular weight excluding hydrogens is 511 g/mol. The number of hydrogen-bond donors (Lipinski definition) is 0. The van der Waals surface area contributed by atoms with Crippen molar-refractivity contribution >= 4 is 56.4 Å². The summed E-state index contributed by atoms with van der Waals surface area (Å²) in [6.07, 6.45) is 2.34. The molecule has 0 bridgehead atoms. The van der Waals surface area contributed by atoms with Gasteiger partial charge in [-0.2, -0.15) is 5.10 Å². The smallest absolute Gasteiger partial charge is 0.346 e. The van der Waals surface area contributed by atoms with Crippen molar-refractivity contribution in [3.63, 3.8) is 0 Å². The van der Waals surface area contributed by atoms with Gasteiger partial charge in [-0.15, -0.1) is 0 Å². The van der Waals surface area contributed by atoms with Gasteiger partial charge in [-0.3, -0.25) is 4.79 Å². The largest absolute Gasteiger partial charge is 0.403 e. The molecule has 0 saturated heterocycles. The van der Waals surface area contributed by atoms with Gasteiger partial charge in [-0.25, -0.2) is 17.9 Å². The second kappa shape index (κ2) is 9.46. The maximum atomic E-state index is 13.4. The van der Waals surface area contributed by atoms with E-state index < -0.39 is 21.6 Å². The van der Waals surface area contributed by atoms with Crippen molar-refractivity contribution in [2.24, 2.45) is 0 Å². The molecule has 0 saturated carbocycles. The molecule has 174 valence electrons. The first-order valence-electron chi connectivity index (χ1n) is 9.64. The summed E-state index contributed by atoms with van der Waals surface area (Å²) in [6.45, 7) is 5.18. The van der Waals surface area contributed by atoms with Gasteiger partial charge >= 0.3 is 5.97 Å². The number of esters is 1. The number of carbonyl (C=O) groups excluding carboxylic acids is 2. The summed E-state index contributed by atoms with van der Waals surface area (Å²) in [5.74, 6) is -1.46. The van der Waals surface area contributed by atoms with Crippen LogP contribution in [-0.2, 0) is 16.4 Å². The second-order valence-corrected chi connectivity index (χ2v) is 10.5. The number of ketones is 1. The summed E-state index contributed by atoms with van der Waals surface area (Å²) in [5, 5.41) is 4.56. The van der Waals surface area contributed by atoms with E-state index in [4.69, 9.17) is 39.5 Å². The molecule has 0 aliphatic carbocycles. The number of aryl methyl sites for hydroxylation is 2. The average molecular weight is 530 g/mol. The predicted molar refractivity (Wildman–Crippen MR) is 127 cm³/mol. The van der Waals surface area contributed by atoms with Gasteiger partial charge in [-0.05, 0) is 56.2 Å². The van der Waals surface area contributed by atoms with Gasteiger partial charge in [0.25, 0.3) is 0 Å². The molecular formula is C22H19Cl3N2O5S. The van der Waals surface area contributed by atoms with E-state index >= 15 is 0 Å². The molecule has 11 heteroatoms. The van der Waals surface area contributed by atoms with E-state index in [1.165, 1.54) is 42.1 Å². The topological polar surface area (TPSA) is 95.3 Å². The van der Waals surface area contributed by atoms with Crippen LogP contribution in [0.1, 0.15) is 44.3 Å². The summed E-state index contributed by atoms with van der Waals surface area (Å²) >= 11 is 18.4. The van der Waals surface area contributed by atoms with E-state index in [1.54, 1.807) is 13.8 Å². The van der Waals surface area contributed by atoms with Crippen LogP contribution < -0.4 is 4.74 Å². The third-order valence-electron chi connectivity index (χ3n) is 4.92. The fourth-order valence-electron chi connectivity index (χ4n) is 3.48. The maximum Gasteiger partial charge on any atom is 0.346 e. The number of sulfone groups is 1. The molecule has 0 N–H and O–H groups in total. The number of halogens is 3. The first-order chi connectivity index (χ1) is 15.4. The Kier molecular flexibility index (Phi) is 7.24. The molecule has 7 nitrogen and oxygen atoms in total. The highest BCUT2D eigenvalue weighted by Crippen LogP contribution is 2.33. The van der Waals surface area contributed by atoms with Crippen molar-refractivity contribution in [1.82, 2.24) is 9.78 Å². The summed E-state index contributed by atoms with van der Waals surface area (Å²) in [4.78, 5) is 26.2. The van der Waals surface area contributed by atoms with Crippen molar-refractivity contribution in [2.45, 2.75) is 32.2 Å². The van der Waals surface area contributed by atoms with Crippen molar-refractivity contribution in [3.8, 4) is 5.88 Å². The number of aromatic nitrogens is 2. The van der Waals surface area contributed by atoms with Crippen LogP contribution >= 0.6 is 34.8 Å². The zero-order valence-corrected chi connectivity index (χ0v) is 21.2. The molecule has 1 heterocycles. The lowest BCUT2D eigenvalue weighted by Gasteiger charge is -2.14. The lowest BCUT2D eigenvalue weighted by atomic mass is 10.0. The SMILES string of the molecule is CCn1ncc(C(=O)c2cc(C)c(S(C)(=O)=O)c(C)c2Cl)c1OC(=O)c1ccc(Cl)cc1Cl. The number of carbonyl (C=O) groups is 2. The van der Waals surface area contributed by atoms with E-state index in [2.05, 4.69) is 5.10 Å². The minimum atomic E-state index is -3.56. The number of hydrogen-bond acceptors (Lipinski definition) is 6. The Morgan fingerprint density at radius 3 is 2.30 bits per heavy atom. The lowest BCUT2D eigenvalue weighted by Crippen LogP contribution is -2.15. The summed E-state index contributed by atoms with van der Waals surface area (Å²) in [6, 6.07) is 5.70. The van der Waals surface area contributed by atoms with Crippen LogP contribution in [-0.4, -0.2) is 36.2 Å². The van der Waals surface area contributed by atoms with Crippen LogP contribution in [0.15, 0.2) is 35.4 Å². The van der Waals surface area contributed by atoms with E-state index in [-0.39, 0.29) is 43.1 Å². The Morgan fingerprint density at radius 1 is 1.06 bits per heavy atom. The maximum absolute atomic E-state index is 13.4. The highest BCUT2D eigenvalue weighted by Gasteiger charge is 2.28. The molecule has 0 fully saturated rings. The van der Waals surface area contributed by atoms with Gasteiger partial charge in [-0.1, -0.05) is 34.8 Å². The van der Waals surface area contributed by atoms with Gasteiger partial charge in [0.2, 0.25) is 11.7 Å². The molecule has 3 aromatic rings. The molecule has 33 heavy (non-hydrogen) atoms. The van der Waals surface area contributed by atoms with E-state index in [0.717, 1.165) is 6.26 Å². The van der Waals surface area contributed by atoms with Gasteiger partial charge in [0.15, 0.2) is 9.84 Å². The quantitative estimate of drug-likeness (QED) is 0.316. The number of benzene rings is 2. The number of nitrogens with zero attached hydrogens (tertiary/aromatic N) is 2. The second-order valence-electron chi connectivity index (χ2n) is 7.30. The molecule has 3 rings (SSSR count). The molecule has 0 radical (unpaired) electrons. The molecule has 0 spiro atoms. The first-order valence-corrected chi connectivity index (χ1v) is 12.7. The van der Waals surface area contributed by atoms with E-state index in [1.807, 2.05) is 0 Å². The van der Waals surface area contributed by atoms with Crippen LogP contribution in [0.4, 0.5) is 0 Å². The fourth-order valence-corrected chi connectivity index (χ4v) is 5.56. The third kappa shape index (κ3) is 4.94. The normalized spacial score (nSPS) is 11.5. The van der Waals surface area contributed by atoms with Gasteiger partial charge in [0.05, 0.1) is 26.7 Å². The minimum absolute atomic E-state index is 0.00621. The molecule has 0 amide bonds. The van der Waals surface area contributed by atoms with Gasteiger partial charge in [0, 0.05) is 23.4 Å². The zero-order chi connectivity index (χ0) is 24.7. The van der Waals surface area contributed by atoms with E-state index in [9.17, 15) is 18.0 Å². The molecule has 1 aromatic heterocycles. The standard InChI is InChI=1S/C22H19Cl3N2O5S/c1-5-27-21(32-22(29)14-7-6-13(23)9-17(14)24)16(10-26-27)19(28)15-8-11(2)20(33(4,30)31)12(3)18(15)25/h6-10H,5H2,1-4H3. The Morgan fingerprint density at radius 2 is 1.73 bits per heavy atom. The Balaban J connectivity index is 2.08. The van der Waals surface area contributed by atoms with Crippen molar-refractivity contribution in [2.75, 3.05) is 6.26 Å². The summed E-state index contributed by atoms with van der Waals surface area (Å²) in [5.41, 5.74) is 0.749. The highest BCUT2D eigenvalue weighted by atomic mass is 35.5. The summed E-state index contributed by atoms with van der Waals surface area (Å²) in [7, 11) is -3.56. The molecule has 0 unspecified atom stereocenters. The highest BCUT2D eigenvalue weighted by molar-refractivity contribution is 7.90. The number of ether oxygens (including phenoxy) is 1. The third-order valence-corrected chi connectivity index (χ3v) is 7.32. The van der Waals surface area contributed by atoms with Crippen LogP contribution in [0.2, 0.25) is 15.1 Å². The Hall–Kier alpha value is -2.39. The number of rotatable bonds is 6. The minimum Gasteiger partial charge on any atom is -0.403 e. The van der Waals surface area contributed by atoms with E-state index in [0.29, 0.717) is 17.1 Å². The average Bonchev–Trinajstić information content (AvgIpc) is 3.11. The monoisotopic (exact) mass is 528 g/mol. The molecule has 2 aromatic carbocycles. The van der Waals surface area contributed by atoms with Gasteiger partial charge < -0.3 is 4.74 Å². The van der Waals surface area contributed by atoms with Gasteiger partial charge in [0.1, 0.15) is 5.56 Å². The predicted octanol–water partition coefficient (Wildman–Crippen LogP) is 5.33. The zero-order valence-electron chi connectivity index (χ0n) is 18.1. The lowest BCUT2D eigenvalue weighted by molar-refractivity contribution is 0.0717. The fraction of sp³-hybridized carbons (Fsp3) is 0.227. The summed E-state index contributed by atoms with van der Waals surface area (Å²) < 4.78 is 31.1. The van der Waals surface area contributed by atoms with Crippen molar-refractivity contribution in [1.29, 1.82) is 0 Å². The van der Waals surface area contributed by atoms with Crippen LogP contribution in [0.5, 0.6) is 5.88 Å². The molecule has 0 aliphatic rings. The van der Waals surface area contributed by atoms with Crippen molar-refractivity contribution in [3.05, 3.63) is 73.3 Å². The molecule has 0 aliphatic heterocycles. The van der Waals surface area contributed by atoms with Crippen LogP contribution in [0, 0.1) is 13.8 Å². The molecule has 0 atom stereocenters. The van der Waals surface area contributed by atoms with Crippen LogP contribution in [0.25, 0.3) is 0 Å². The first kappa shape index (κ1) is 25.2. The van der Waals surface area contributed by atoms with Crippen molar-refractivity contribution < 1.29 is 22.7 Å². The van der Waals surface area contributed by atoms with Crippen LogP contribution in [0.3, 0.4) is 0 Å².